The molecule has 1 saturated carbocycles. The molecule has 0 spiro atoms. The van der Waals surface area contributed by atoms with E-state index in [1.807, 2.05) is 0 Å². The van der Waals surface area contributed by atoms with Gasteiger partial charge in [-0.05, 0) is 58.4 Å². The predicted octanol–water partition coefficient (Wildman–Crippen LogP) is 5.49. The van der Waals surface area contributed by atoms with E-state index in [9.17, 15) is 0 Å². The van der Waals surface area contributed by atoms with Gasteiger partial charge >= 0.3 is 59.5 Å². The first-order valence-corrected chi connectivity index (χ1v) is 17.8. The van der Waals surface area contributed by atoms with Crippen LogP contribution < -0.4 is 24.8 Å². The van der Waals surface area contributed by atoms with Gasteiger partial charge in [0.1, 0.15) is 0 Å². The second kappa shape index (κ2) is 14.1. The van der Waals surface area contributed by atoms with Gasteiger partial charge in [-0.1, -0.05) is 104 Å². The van der Waals surface area contributed by atoms with Gasteiger partial charge in [-0.2, -0.15) is 17.2 Å². The summed E-state index contributed by atoms with van der Waals surface area (Å²) in [6, 6.07) is 9.81. The molecule has 0 heterocycles. The first-order chi connectivity index (χ1) is 20.0. The Morgan fingerprint density at radius 1 is 0.756 bits per heavy atom. The van der Waals surface area contributed by atoms with E-state index in [4.69, 9.17) is 0 Å². The quantitative estimate of drug-likeness (QED) is 0.270. The van der Waals surface area contributed by atoms with Crippen molar-refractivity contribution in [2.45, 2.75) is 126 Å². The Balaban J connectivity index is 0.000000230. The zero-order valence-electron chi connectivity index (χ0n) is 29.5. The molecular weight excluding hydrogens is 667 g/mol. The molecule has 0 aromatic heterocycles. The van der Waals surface area contributed by atoms with Crippen LogP contribution in [0.1, 0.15) is 142 Å². The molecule has 0 amide bonds. The third-order valence-corrected chi connectivity index (χ3v) is 11.2. The van der Waals surface area contributed by atoms with Crippen LogP contribution in [0.2, 0.25) is 0 Å². The SMILES string of the molecule is CC1=[C-]C(C)(C)c2cc3c(cc21)-c1cc2c(cc1C3)C(C)(C)C=C2C.CC1=[C-]C(C)C=C1C(C)(C)C.[Cl-].[Cl-].[Zr+2]=[C]1CCCCC1. The van der Waals surface area contributed by atoms with Crippen molar-refractivity contribution >= 4 is 14.4 Å². The average molecular weight is 719 g/mol. The molecule has 0 bridgehead atoms. The van der Waals surface area contributed by atoms with Gasteiger partial charge in [-0.25, -0.2) is 11.1 Å². The first kappa shape index (κ1) is 38.2. The second-order valence-corrected chi connectivity index (χ2v) is 17.5. The molecule has 2 aromatic carbocycles. The van der Waals surface area contributed by atoms with Crippen LogP contribution in [0.25, 0.3) is 22.3 Å². The van der Waals surface area contributed by atoms with E-state index < -0.39 is 0 Å². The van der Waals surface area contributed by atoms with Crippen LogP contribution >= 0.6 is 0 Å². The van der Waals surface area contributed by atoms with E-state index in [1.165, 1.54) is 98.9 Å². The van der Waals surface area contributed by atoms with Gasteiger partial charge < -0.3 is 24.8 Å². The molecule has 45 heavy (non-hydrogen) atoms. The number of benzene rings is 2. The summed E-state index contributed by atoms with van der Waals surface area (Å²) in [5.41, 5.74) is 17.6. The fourth-order valence-electron chi connectivity index (χ4n) is 7.90. The van der Waals surface area contributed by atoms with E-state index in [0.717, 1.165) is 6.42 Å². The molecule has 5 aliphatic rings. The van der Waals surface area contributed by atoms with Crippen molar-refractivity contribution < 1.29 is 49.0 Å². The number of hydrogen-bond acceptors (Lipinski definition) is 0. The summed E-state index contributed by atoms with van der Waals surface area (Å²) in [6.45, 7) is 24.8. The summed E-state index contributed by atoms with van der Waals surface area (Å²) >= 11 is 1.69. The van der Waals surface area contributed by atoms with Crippen LogP contribution in [0, 0.1) is 23.5 Å². The van der Waals surface area contributed by atoms with Gasteiger partial charge in [0.2, 0.25) is 0 Å². The van der Waals surface area contributed by atoms with E-state index in [2.05, 4.69) is 125 Å². The van der Waals surface area contributed by atoms with Crippen molar-refractivity contribution in [3.05, 3.63) is 93.1 Å². The Labute approximate surface area is 302 Å². The average Bonchev–Trinajstić information content (AvgIpc) is 3.57. The topological polar surface area (TPSA) is 0 Å². The summed E-state index contributed by atoms with van der Waals surface area (Å²) < 4.78 is 1.80. The Morgan fingerprint density at radius 3 is 1.78 bits per heavy atom. The molecule has 1 fully saturated rings. The summed E-state index contributed by atoms with van der Waals surface area (Å²) in [5.74, 6) is 0.518. The van der Waals surface area contributed by atoms with Crippen molar-refractivity contribution in [3.8, 4) is 11.1 Å². The molecule has 0 nitrogen and oxygen atoms in total. The van der Waals surface area contributed by atoms with E-state index in [-0.39, 0.29) is 35.6 Å². The molecule has 7 rings (SSSR count). The van der Waals surface area contributed by atoms with Crippen LogP contribution in [0.4, 0.5) is 0 Å². The second-order valence-electron chi connectivity index (χ2n) is 15.8. The minimum absolute atomic E-state index is 0. The fraction of sp³-hybridized carbons (Fsp3) is 0.500. The van der Waals surface area contributed by atoms with Gasteiger partial charge in [0.05, 0.1) is 0 Å². The van der Waals surface area contributed by atoms with Crippen LogP contribution in [-0.4, -0.2) is 3.21 Å². The zero-order chi connectivity index (χ0) is 31.5. The molecule has 240 valence electrons. The molecule has 5 aliphatic carbocycles. The van der Waals surface area contributed by atoms with E-state index in [1.54, 1.807) is 27.4 Å². The van der Waals surface area contributed by atoms with Crippen molar-refractivity contribution in [2.24, 2.45) is 11.3 Å². The van der Waals surface area contributed by atoms with E-state index >= 15 is 0 Å². The number of fused-ring (bicyclic) bond motifs is 5. The number of halogens is 2. The minimum atomic E-state index is 0. The summed E-state index contributed by atoms with van der Waals surface area (Å²) in [6.07, 6.45) is 20.2. The van der Waals surface area contributed by atoms with Gasteiger partial charge in [0.25, 0.3) is 0 Å². The van der Waals surface area contributed by atoms with E-state index in [0.29, 0.717) is 11.3 Å². The van der Waals surface area contributed by atoms with Crippen molar-refractivity contribution in [2.75, 3.05) is 0 Å². The third kappa shape index (κ3) is 7.90. The molecule has 0 aliphatic heterocycles. The molecule has 0 N–H and O–H groups in total. The van der Waals surface area contributed by atoms with Crippen LogP contribution in [-0.2, 0) is 41.5 Å². The number of hydrogen-bond donors (Lipinski definition) is 0. The molecule has 0 saturated heterocycles. The third-order valence-electron chi connectivity index (χ3n) is 9.96. The molecule has 2 aromatic rings. The van der Waals surface area contributed by atoms with Gasteiger partial charge in [0.15, 0.2) is 0 Å². The molecule has 3 heteroatoms. The molecule has 1 atom stereocenters. The van der Waals surface area contributed by atoms with Crippen molar-refractivity contribution in [1.82, 2.24) is 0 Å². The Hall–Kier alpha value is -1.27. The van der Waals surface area contributed by atoms with Gasteiger partial charge in [-0.15, -0.1) is 11.6 Å². The standard InChI is InChI=1S/C25H25.C11H17.C6H10.2ClH.Zr/c1-14-12-24(3,4)22-8-16-7-17-9-23-19(15(2)13-25(23,5)6)11-21(17)20(16)10-18(14)22;1-8-6-9(2)10(7-8)11(3,4)5;1-2-4-6-5-3-1;;;/h8-12H,7H2,1-6H3;7-8H,1-5H3;1-5H2;2*1H;/q2*-1;;;;+2/p-2. The number of rotatable bonds is 0. The maximum atomic E-state index is 3.65. The summed E-state index contributed by atoms with van der Waals surface area (Å²) in [5, 5.41) is 0. The van der Waals surface area contributed by atoms with Crippen LogP contribution in [0.15, 0.2) is 47.6 Å². The van der Waals surface area contributed by atoms with Gasteiger partial charge in [0, 0.05) is 5.41 Å². The predicted molar refractivity (Wildman–Crippen MR) is 184 cm³/mol. The number of allylic oxidation sites excluding steroid dienone is 8. The first-order valence-electron chi connectivity index (χ1n) is 16.5. The molecule has 1 unspecified atom stereocenters. The molecule has 0 radical (unpaired) electrons. The molecular formula is C42H52Cl2Zr-2. The zero-order valence-corrected chi connectivity index (χ0v) is 33.5. The normalized spacial score (nSPS) is 21.1. The Kier molecular flexibility index (Phi) is 11.9. The summed E-state index contributed by atoms with van der Waals surface area (Å²) in [4.78, 5) is 0. The van der Waals surface area contributed by atoms with Crippen molar-refractivity contribution in [1.29, 1.82) is 0 Å². The Morgan fingerprint density at radius 2 is 1.31 bits per heavy atom. The maximum absolute atomic E-state index is 3.65. The van der Waals surface area contributed by atoms with Crippen LogP contribution in [0.5, 0.6) is 0 Å². The summed E-state index contributed by atoms with van der Waals surface area (Å²) in [7, 11) is 0. The Bertz CT molecular complexity index is 1510. The fourth-order valence-corrected chi connectivity index (χ4v) is 8.77. The van der Waals surface area contributed by atoms with Crippen molar-refractivity contribution in [3.63, 3.8) is 0 Å². The van der Waals surface area contributed by atoms with Crippen LogP contribution in [0.3, 0.4) is 0 Å². The monoisotopic (exact) mass is 716 g/mol. The van der Waals surface area contributed by atoms with Gasteiger partial charge in [-0.3, -0.25) is 12.2 Å².